The zero-order valence-corrected chi connectivity index (χ0v) is 11.7. The fraction of sp³-hybridized carbons (Fsp3) is 0.231. The molecule has 7 heteroatoms. The summed E-state index contributed by atoms with van der Waals surface area (Å²) in [5, 5.41) is 13.3. The van der Waals surface area contributed by atoms with E-state index in [2.05, 4.69) is 20.8 Å². The van der Waals surface area contributed by atoms with Gasteiger partial charge in [0.25, 0.3) is 5.91 Å². The van der Waals surface area contributed by atoms with Gasteiger partial charge in [0.1, 0.15) is 5.51 Å². The fourth-order valence-electron chi connectivity index (χ4n) is 1.60. The second-order valence-corrected chi connectivity index (χ2v) is 4.96. The van der Waals surface area contributed by atoms with Crippen molar-refractivity contribution >= 4 is 28.3 Å². The van der Waals surface area contributed by atoms with Crippen molar-refractivity contribution in [1.29, 1.82) is 0 Å². The van der Waals surface area contributed by atoms with Gasteiger partial charge in [-0.25, -0.2) is 0 Å². The Morgan fingerprint density at radius 3 is 2.60 bits per heavy atom. The summed E-state index contributed by atoms with van der Waals surface area (Å²) in [5.74, 6) is -0.256. The van der Waals surface area contributed by atoms with E-state index in [1.165, 1.54) is 18.3 Å². The molecular weight excluding hydrogens is 276 g/mol. The van der Waals surface area contributed by atoms with E-state index >= 15 is 0 Å². The average molecular weight is 290 g/mol. The smallest absolute Gasteiger partial charge is 0.257 e. The number of nitrogens with one attached hydrogen (secondary N) is 2. The number of anilines is 1. The highest BCUT2D eigenvalue weighted by Crippen LogP contribution is 2.11. The molecule has 2 N–H and O–H groups in total. The molecule has 1 heterocycles. The number of carbonyl (C=O) groups is 2. The van der Waals surface area contributed by atoms with Gasteiger partial charge in [-0.05, 0) is 24.1 Å². The molecule has 20 heavy (non-hydrogen) atoms. The molecule has 0 saturated heterocycles. The van der Waals surface area contributed by atoms with Crippen molar-refractivity contribution in [3.8, 4) is 0 Å². The zero-order chi connectivity index (χ0) is 14.4. The molecule has 2 rings (SSSR count). The molecule has 0 bridgehead atoms. The molecule has 0 atom stereocenters. The summed E-state index contributed by atoms with van der Waals surface area (Å²) in [6.07, 6.45) is 0.734. The number of hydrogen-bond donors (Lipinski definition) is 2. The van der Waals surface area contributed by atoms with E-state index in [-0.39, 0.29) is 11.8 Å². The fourth-order valence-corrected chi connectivity index (χ4v) is 2.04. The van der Waals surface area contributed by atoms with Crippen LogP contribution in [0.1, 0.15) is 22.8 Å². The van der Waals surface area contributed by atoms with Gasteiger partial charge in [-0.15, -0.1) is 10.2 Å². The summed E-state index contributed by atoms with van der Waals surface area (Å²) >= 11 is 1.27. The minimum absolute atomic E-state index is 0.0435. The number of aromatic nitrogens is 2. The van der Waals surface area contributed by atoms with Crippen LogP contribution in [0.3, 0.4) is 0 Å². The van der Waals surface area contributed by atoms with Crippen molar-refractivity contribution < 1.29 is 9.59 Å². The van der Waals surface area contributed by atoms with E-state index < -0.39 is 0 Å². The number of amides is 2. The summed E-state index contributed by atoms with van der Waals surface area (Å²) < 4.78 is 0. The first-order valence-corrected chi connectivity index (χ1v) is 6.94. The van der Waals surface area contributed by atoms with Crippen LogP contribution in [0.2, 0.25) is 0 Å². The average Bonchev–Trinajstić information content (AvgIpc) is 2.92. The van der Waals surface area contributed by atoms with Gasteiger partial charge in [-0.1, -0.05) is 23.5 Å². The van der Waals surface area contributed by atoms with E-state index in [1.807, 2.05) is 12.1 Å². The normalized spacial score (nSPS) is 10.1. The SMILES string of the molecule is CC(=O)NCCc1ccc(C(=O)Nc2nncs2)cc1. The maximum absolute atomic E-state index is 11.9. The van der Waals surface area contributed by atoms with Crippen LogP contribution in [0.15, 0.2) is 29.8 Å². The molecule has 2 aromatic rings. The highest BCUT2D eigenvalue weighted by molar-refractivity contribution is 7.13. The van der Waals surface area contributed by atoms with Crippen molar-refractivity contribution in [2.75, 3.05) is 11.9 Å². The topological polar surface area (TPSA) is 84.0 Å². The first kappa shape index (κ1) is 14.1. The van der Waals surface area contributed by atoms with Gasteiger partial charge >= 0.3 is 0 Å². The predicted octanol–water partition coefficient (Wildman–Crippen LogP) is 1.47. The van der Waals surface area contributed by atoms with Crippen LogP contribution in [0.5, 0.6) is 0 Å². The lowest BCUT2D eigenvalue weighted by atomic mass is 10.1. The van der Waals surface area contributed by atoms with E-state index in [9.17, 15) is 9.59 Å². The molecule has 2 amide bonds. The third kappa shape index (κ3) is 4.13. The monoisotopic (exact) mass is 290 g/mol. The minimum atomic E-state index is -0.213. The maximum Gasteiger partial charge on any atom is 0.257 e. The Hall–Kier alpha value is -2.28. The first-order chi connectivity index (χ1) is 9.65. The third-order valence-electron chi connectivity index (χ3n) is 2.58. The molecule has 0 aliphatic carbocycles. The Labute approximate surface area is 120 Å². The number of hydrogen-bond acceptors (Lipinski definition) is 5. The standard InChI is InChI=1S/C13H14N4O2S/c1-9(18)14-7-6-10-2-4-11(5-3-10)12(19)16-13-17-15-8-20-13/h2-5,8H,6-7H2,1H3,(H,14,18)(H,16,17,19). The number of carbonyl (C=O) groups excluding carboxylic acids is 2. The highest BCUT2D eigenvalue weighted by atomic mass is 32.1. The van der Waals surface area contributed by atoms with Crippen LogP contribution in [0, 0.1) is 0 Å². The summed E-state index contributed by atoms with van der Waals surface area (Å²) in [4.78, 5) is 22.7. The van der Waals surface area contributed by atoms with Gasteiger partial charge in [-0.2, -0.15) is 0 Å². The lowest BCUT2D eigenvalue weighted by Gasteiger charge is -2.04. The second kappa shape index (κ2) is 6.76. The van der Waals surface area contributed by atoms with Gasteiger partial charge in [0, 0.05) is 19.0 Å². The summed E-state index contributed by atoms with van der Waals surface area (Å²) in [6, 6.07) is 7.24. The van der Waals surface area contributed by atoms with E-state index in [4.69, 9.17) is 0 Å². The van der Waals surface area contributed by atoms with Crippen LogP contribution in [0.25, 0.3) is 0 Å². The van der Waals surface area contributed by atoms with Crippen LogP contribution in [-0.4, -0.2) is 28.6 Å². The Morgan fingerprint density at radius 2 is 2.00 bits per heavy atom. The predicted molar refractivity (Wildman–Crippen MR) is 76.7 cm³/mol. The van der Waals surface area contributed by atoms with E-state index in [1.54, 1.807) is 17.6 Å². The number of nitrogens with zero attached hydrogens (tertiary/aromatic N) is 2. The van der Waals surface area contributed by atoms with Gasteiger partial charge in [0.05, 0.1) is 0 Å². The summed E-state index contributed by atoms with van der Waals surface area (Å²) in [6.45, 7) is 2.08. The molecule has 0 radical (unpaired) electrons. The lowest BCUT2D eigenvalue weighted by Crippen LogP contribution is -2.22. The molecule has 1 aromatic heterocycles. The quantitative estimate of drug-likeness (QED) is 0.873. The minimum Gasteiger partial charge on any atom is -0.356 e. The maximum atomic E-state index is 11.9. The van der Waals surface area contributed by atoms with Crippen LogP contribution in [0.4, 0.5) is 5.13 Å². The highest BCUT2D eigenvalue weighted by Gasteiger charge is 2.07. The van der Waals surface area contributed by atoms with Gasteiger partial charge < -0.3 is 5.32 Å². The van der Waals surface area contributed by atoms with Crippen molar-refractivity contribution in [2.45, 2.75) is 13.3 Å². The van der Waals surface area contributed by atoms with Crippen molar-refractivity contribution in [1.82, 2.24) is 15.5 Å². The van der Waals surface area contributed by atoms with Gasteiger partial charge in [0.2, 0.25) is 11.0 Å². The van der Waals surface area contributed by atoms with Crippen LogP contribution < -0.4 is 10.6 Å². The lowest BCUT2D eigenvalue weighted by molar-refractivity contribution is -0.118. The summed E-state index contributed by atoms with van der Waals surface area (Å²) in [5.41, 5.74) is 3.18. The van der Waals surface area contributed by atoms with Crippen molar-refractivity contribution in [3.63, 3.8) is 0 Å². The van der Waals surface area contributed by atoms with Gasteiger partial charge in [0.15, 0.2) is 0 Å². The van der Waals surface area contributed by atoms with Crippen LogP contribution >= 0.6 is 11.3 Å². The Morgan fingerprint density at radius 1 is 1.25 bits per heavy atom. The van der Waals surface area contributed by atoms with E-state index in [0.717, 1.165) is 12.0 Å². The molecule has 1 aromatic carbocycles. The number of benzene rings is 1. The third-order valence-corrected chi connectivity index (χ3v) is 3.19. The molecule has 0 unspecified atom stereocenters. The Kier molecular flexibility index (Phi) is 4.78. The molecule has 0 aliphatic heterocycles. The van der Waals surface area contributed by atoms with E-state index in [0.29, 0.717) is 17.2 Å². The van der Waals surface area contributed by atoms with Crippen molar-refractivity contribution in [3.05, 3.63) is 40.9 Å². The summed E-state index contributed by atoms with van der Waals surface area (Å²) in [7, 11) is 0. The Bertz CT molecular complexity index is 581. The molecule has 0 fully saturated rings. The molecule has 0 saturated carbocycles. The number of rotatable bonds is 5. The van der Waals surface area contributed by atoms with Gasteiger partial charge in [-0.3, -0.25) is 14.9 Å². The molecule has 104 valence electrons. The largest absolute Gasteiger partial charge is 0.356 e. The second-order valence-electron chi connectivity index (χ2n) is 4.13. The zero-order valence-electron chi connectivity index (χ0n) is 10.9. The molecule has 0 aliphatic rings. The molecule has 0 spiro atoms. The molecular formula is C13H14N4O2S. The first-order valence-electron chi connectivity index (χ1n) is 6.06. The Balaban J connectivity index is 1.90. The van der Waals surface area contributed by atoms with Crippen LogP contribution in [-0.2, 0) is 11.2 Å². The molecule has 6 nitrogen and oxygen atoms in total. The van der Waals surface area contributed by atoms with Crippen molar-refractivity contribution in [2.24, 2.45) is 0 Å².